The molecule has 0 spiro atoms. The van der Waals surface area contributed by atoms with Crippen molar-refractivity contribution in [2.45, 2.75) is 9.79 Å². The molecule has 0 saturated heterocycles. The Hall–Kier alpha value is -5.61. The number of fused-ring (bicyclic) bond motifs is 8. The van der Waals surface area contributed by atoms with Crippen molar-refractivity contribution in [2.75, 3.05) is 17.4 Å². The van der Waals surface area contributed by atoms with Gasteiger partial charge in [-0.2, -0.15) is 10.0 Å². The molecule has 0 unspecified atom stereocenters. The lowest BCUT2D eigenvalue weighted by Gasteiger charge is -2.35. The molecular formula is C48H35NS2. The summed E-state index contributed by atoms with van der Waals surface area (Å²) in [7, 11) is -1.36. The third-order valence-corrected chi connectivity index (χ3v) is 14.6. The molecule has 9 aromatic rings. The summed E-state index contributed by atoms with van der Waals surface area (Å²) in [4.78, 5) is 5.43. The van der Waals surface area contributed by atoms with E-state index < -0.39 is 10.0 Å². The van der Waals surface area contributed by atoms with Crippen LogP contribution in [0.3, 0.4) is 0 Å². The van der Waals surface area contributed by atoms with Crippen molar-refractivity contribution in [1.29, 1.82) is 0 Å². The van der Waals surface area contributed by atoms with E-state index in [0.717, 1.165) is 11.4 Å². The smallest absolute Gasteiger partial charge is 0.0591 e. The fraction of sp³-hybridized carbons (Fsp3) is 0.0417. The van der Waals surface area contributed by atoms with Gasteiger partial charge in [-0.05, 0) is 93.6 Å². The van der Waals surface area contributed by atoms with Crippen LogP contribution in [0.4, 0.5) is 17.1 Å². The van der Waals surface area contributed by atoms with Crippen LogP contribution in [0.2, 0.25) is 0 Å². The molecule has 0 N–H and O–H groups in total. The van der Waals surface area contributed by atoms with Gasteiger partial charge in [0.05, 0.1) is 5.69 Å². The van der Waals surface area contributed by atoms with Gasteiger partial charge >= 0.3 is 0 Å². The van der Waals surface area contributed by atoms with Gasteiger partial charge in [-0.25, -0.2) is 0 Å². The lowest BCUT2D eigenvalue weighted by atomic mass is 9.98. The molecule has 0 fully saturated rings. The van der Waals surface area contributed by atoms with E-state index in [4.69, 9.17) is 0 Å². The van der Waals surface area contributed by atoms with E-state index >= 15 is 0 Å². The Labute approximate surface area is 304 Å². The van der Waals surface area contributed by atoms with Crippen molar-refractivity contribution in [2.24, 2.45) is 0 Å². The molecule has 0 bridgehead atoms. The molecule has 0 atom stereocenters. The van der Waals surface area contributed by atoms with Gasteiger partial charge in [-0.15, -0.1) is 11.3 Å². The number of anilines is 3. The first kappa shape index (κ1) is 30.2. The van der Waals surface area contributed by atoms with Crippen molar-refractivity contribution in [1.82, 2.24) is 0 Å². The average molecular weight is 690 g/mol. The number of benzene rings is 8. The van der Waals surface area contributed by atoms with Gasteiger partial charge in [-0.1, -0.05) is 133 Å². The van der Waals surface area contributed by atoms with E-state index in [2.05, 4.69) is 193 Å². The van der Waals surface area contributed by atoms with Crippen LogP contribution in [-0.2, 0) is 0 Å². The van der Waals surface area contributed by atoms with Crippen LogP contribution in [-0.4, -0.2) is 12.5 Å². The fourth-order valence-corrected chi connectivity index (χ4v) is 12.2. The largest absolute Gasteiger partial charge is 0.309 e. The highest BCUT2D eigenvalue weighted by molar-refractivity contribution is 8.33. The van der Waals surface area contributed by atoms with Crippen molar-refractivity contribution < 1.29 is 0 Å². The quantitative estimate of drug-likeness (QED) is 0.174. The summed E-state index contributed by atoms with van der Waals surface area (Å²) < 4.78 is 2.76. The van der Waals surface area contributed by atoms with Gasteiger partial charge in [-0.3, -0.25) is 0 Å². The molecule has 3 heteroatoms. The third-order valence-electron chi connectivity index (χ3n) is 10.5. The van der Waals surface area contributed by atoms with Crippen molar-refractivity contribution >= 4 is 69.4 Å². The Bertz CT molecular complexity index is 2770. The first-order valence-electron chi connectivity index (χ1n) is 17.4. The SMILES string of the molecule is CS1(C)c2ccc3c(sc4ccccc43)c2-c2cccc(N(c3ccc(-c4cccc5ccccc45)cc3)c3cccc(-c4ccccc4)c3)c21. The van der Waals surface area contributed by atoms with Crippen LogP contribution in [0.25, 0.3) is 64.3 Å². The zero-order valence-electron chi connectivity index (χ0n) is 28.5. The lowest BCUT2D eigenvalue weighted by Crippen LogP contribution is -2.13. The highest BCUT2D eigenvalue weighted by Crippen LogP contribution is 2.71. The fourth-order valence-electron chi connectivity index (χ4n) is 8.14. The topological polar surface area (TPSA) is 3.24 Å². The highest BCUT2D eigenvalue weighted by Gasteiger charge is 2.37. The second kappa shape index (κ2) is 11.7. The zero-order chi connectivity index (χ0) is 34.1. The van der Waals surface area contributed by atoms with Crippen LogP contribution in [0, 0.1) is 0 Å². The monoisotopic (exact) mass is 689 g/mol. The maximum Gasteiger partial charge on any atom is 0.0591 e. The molecule has 51 heavy (non-hydrogen) atoms. The molecule has 1 aliphatic rings. The highest BCUT2D eigenvalue weighted by atomic mass is 32.3. The molecule has 0 saturated carbocycles. The summed E-state index contributed by atoms with van der Waals surface area (Å²) in [6.45, 7) is 0. The summed E-state index contributed by atoms with van der Waals surface area (Å²) >= 11 is 1.94. The van der Waals surface area contributed by atoms with Crippen LogP contribution in [0.15, 0.2) is 186 Å². The van der Waals surface area contributed by atoms with Crippen molar-refractivity contribution in [3.8, 4) is 33.4 Å². The minimum absolute atomic E-state index is 1.15. The Morgan fingerprint density at radius 2 is 1.16 bits per heavy atom. The summed E-state index contributed by atoms with van der Waals surface area (Å²) in [6, 6.07) is 64.8. The van der Waals surface area contributed by atoms with Crippen LogP contribution in [0.1, 0.15) is 0 Å². The molecule has 2 heterocycles. The first-order valence-corrected chi connectivity index (χ1v) is 20.7. The molecule has 0 amide bonds. The van der Waals surface area contributed by atoms with Crippen LogP contribution < -0.4 is 4.90 Å². The Morgan fingerprint density at radius 1 is 0.471 bits per heavy atom. The second-order valence-corrected chi connectivity index (χ2v) is 18.3. The van der Waals surface area contributed by atoms with Gasteiger partial charge in [0.15, 0.2) is 0 Å². The van der Waals surface area contributed by atoms with Gasteiger partial charge in [0.2, 0.25) is 0 Å². The molecule has 1 aliphatic heterocycles. The van der Waals surface area contributed by atoms with Crippen LogP contribution in [0.5, 0.6) is 0 Å². The first-order chi connectivity index (χ1) is 25.1. The van der Waals surface area contributed by atoms with Crippen molar-refractivity contribution in [3.05, 3.63) is 176 Å². The predicted molar refractivity (Wildman–Crippen MR) is 224 cm³/mol. The van der Waals surface area contributed by atoms with E-state index in [1.165, 1.54) is 79.8 Å². The Balaban J connectivity index is 1.19. The molecule has 8 aromatic carbocycles. The number of nitrogens with zero attached hydrogens (tertiary/aromatic N) is 1. The summed E-state index contributed by atoms with van der Waals surface area (Å²) in [5.74, 6) is 0. The summed E-state index contributed by atoms with van der Waals surface area (Å²) in [5, 5.41) is 5.25. The standard InChI is InChI=1S/C48H35NS2/c1-51(2)45-30-29-41-40-20-8-9-24-44(40)50-47(41)46(45)42-22-12-23-43(48(42)51)49(37-18-10-17-35(31-37)32-13-4-3-5-14-32)36-27-25-34(26-28-36)39-21-11-16-33-15-6-7-19-38(33)39/h3-31H,1-2H3. The maximum atomic E-state index is 2.50. The molecule has 10 rings (SSSR count). The molecule has 0 radical (unpaired) electrons. The molecule has 244 valence electrons. The minimum Gasteiger partial charge on any atom is -0.309 e. The molecule has 1 nitrogen and oxygen atoms in total. The maximum absolute atomic E-state index is 2.50. The predicted octanol–water partition coefficient (Wildman–Crippen LogP) is 14.5. The average Bonchev–Trinajstić information content (AvgIpc) is 3.68. The van der Waals surface area contributed by atoms with E-state index in [1.54, 1.807) is 0 Å². The van der Waals surface area contributed by atoms with Gasteiger partial charge in [0.1, 0.15) is 0 Å². The lowest BCUT2D eigenvalue weighted by molar-refractivity contribution is 1.23. The number of hydrogen-bond donors (Lipinski definition) is 0. The van der Waals surface area contributed by atoms with Crippen LogP contribution >= 0.6 is 21.4 Å². The number of hydrogen-bond acceptors (Lipinski definition) is 2. The van der Waals surface area contributed by atoms with E-state index in [9.17, 15) is 0 Å². The van der Waals surface area contributed by atoms with E-state index in [1.807, 2.05) is 11.3 Å². The Kier molecular flexibility index (Phi) is 6.96. The Morgan fingerprint density at radius 3 is 2.02 bits per heavy atom. The number of thiophene rings is 1. The number of rotatable bonds is 5. The minimum atomic E-state index is -1.36. The third kappa shape index (κ3) is 4.76. The summed E-state index contributed by atoms with van der Waals surface area (Å²) in [6.07, 6.45) is 4.98. The molecule has 0 aliphatic carbocycles. The molecular weight excluding hydrogens is 655 g/mol. The molecule has 1 aromatic heterocycles. The summed E-state index contributed by atoms with van der Waals surface area (Å²) in [5.41, 5.74) is 11.3. The van der Waals surface area contributed by atoms with E-state index in [0.29, 0.717) is 0 Å². The van der Waals surface area contributed by atoms with Gasteiger partial charge in [0.25, 0.3) is 0 Å². The second-order valence-electron chi connectivity index (χ2n) is 13.7. The zero-order valence-corrected chi connectivity index (χ0v) is 30.1. The van der Waals surface area contributed by atoms with Crippen molar-refractivity contribution in [3.63, 3.8) is 0 Å². The van der Waals surface area contributed by atoms with Gasteiger partial charge in [0, 0.05) is 46.9 Å². The van der Waals surface area contributed by atoms with E-state index in [-0.39, 0.29) is 0 Å². The normalized spacial score (nSPS) is 13.7. The van der Waals surface area contributed by atoms with Gasteiger partial charge < -0.3 is 4.90 Å².